The Labute approximate surface area is 194 Å². The van der Waals surface area contributed by atoms with Crippen molar-refractivity contribution in [2.45, 2.75) is 26.1 Å². The summed E-state index contributed by atoms with van der Waals surface area (Å²) in [5.74, 6) is -0.425. The van der Waals surface area contributed by atoms with Gasteiger partial charge >= 0.3 is 12.0 Å². The SMILES string of the molecule is COC(=O)c1sc(CNC(=O)NCC2CN(Cc3ccc(Cl)c(Cl)c3)CCO2)nc1C. The minimum Gasteiger partial charge on any atom is -0.465 e. The van der Waals surface area contributed by atoms with Crippen molar-refractivity contribution in [2.75, 3.05) is 33.4 Å². The first-order valence-electron chi connectivity index (χ1n) is 9.70. The number of methoxy groups -OCH3 is 1. The number of carbonyl (C=O) groups is 2. The number of aromatic nitrogens is 1. The molecule has 0 aliphatic carbocycles. The lowest BCUT2D eigenvalue weighted by Gasteiger charge is -2.33. The fourth-order valence-electron chi connectivity index (χ4n) is 3.18. The van der Waals surface area contributed by atoms with Crippen molar-refractivity contribution in [3.63, 3.8) is 0 Å². The Morgan fingerprint density at radius 2 is 2.13 bits per heavy atom. The molecule has 1 aliphatic rings. The highest BCUT2D eigenvalue weighted by molar-refractivity contribution is 7.13. The molecule has 1 aromatic carbocycles. The third kappa shape index (κ3) is 6.78. The van der Waals surface area contributed by atoms with E-state index >= 15 is 0 Å². The smallest absolute Gasteiger partial charge is 0.349 e. The fourth-order valence-corrected chi connectivity index (χ4v) is 4.42. The van der Waals surface area contributed by atoms with Gasteiger partial charge in [-0.3, -0.25) is 4.90 Å². The number of morpholine rings is 1. The first kappa shape index (κ1) is 23.7. The Kier molecular flexibility index (Phi) is 8.50. The molecule has 31 heavy (non-hydrogen) atoms. The number of urea groups is 1. The number of halogens is 2. The predicted octanol–water partition coefficient (Wildman–Crippen LogP) is 3.25. The van der Waals surface area contributed by atoms with E-state index in [0.29, 0.717) is 45.3 Å². The molecular formula is C20H24Cl2N4O4S. The molecule has 2 heterocycles. The van der Waals surface area contributed by atoms with Gasteiger partial charge in [0, 0.05) is 26.2 Å². The summed E-state index contributed by atoms with van der Waals surface area (Å²) in [6.45, 7) is 5.15. The summed E-state index contributed by atoms with van der Waals surface area (Å²) in [6, 6.07) is 5.29. The van der Waals surface area contributed by atoms with E-state index in [4.69, 9.17) is 32.7 Å². The van der Waals surface area contributed by atoms with Crippen LogP contribution in [0, 0.1) is 6.92 Å². The molecule has 1 atom stereocenters. The van der Waals surface area contributed by atoms with Crippen LogP contribution >= 0.6 is 34.5 Å². The number of esters is 1. The van der Waals surface area contributed by atoms with Gasteiger partial charge in [-0.15, -0.1) is 11.3 Å². The van der Waals surface area contributed by atoms with Gasteiger partial charge in [0.2, 0.25) is 0 Å². The molecule has 1 fully saturated rings. The summed E-state index contributed by atoms with van der Waals surface area (Å²) in [6.07, 6.45) is -0.115. The van der Waals surface area contributed by atoms with Crippen molar-refractivity contribution in [3.05, 3.63) is 49.4 Å². The second-order valence-electron chi connectivity index (χ2n) is 7.05. The average molecular weight is 487 g/mol. The van der Waals surface area contributed by atoms with Gasteiger partial charge in [-0.2, -0.15) is 0 Å². The van der Waals surface area contributed by atoms with Crippen LogP contribution in [0.1, 0.15) is 25.9 Å². The van der Waals surface area contributed by atoms with Crippen LogP contribution in [0.2, 0.25) is 10.0 Å². The summed E-state index contributed by atoms with van der Waals surface area (Å²) >= 11 is 13.3. The summed E-state index contributed by atoms with van der Waals surface area (Å²) in [4.78, 5) is 30.8. The van der Waals surface area contributed by atoms with Crippen molar-refractivity contribution in [2.24, 2.45) is 0 Å². The summed E-state index contributed by atoms with van der Waals surface area (Å²) in [7, 11) is 1.33. The van der Waals surface area contributed by atoms with E-state index < -0.39 is 5.97 Å². The number of nitrogens with one attached hydrogen (secondary N) is 2. The summed E-state index contributed by atoms with van der Waals surface area (Å²) in [5.41, 5.74) is 1.66. The molecule has 2 amide bonds. The molecule has 1 saturated heterocycles. The van der Waals surface area contributed by atoms with Gasteiger partial charge < -0.3 is 20.1 Å². The number of rotatable bonds is 7. The highest BCUT2D eigenvalue weighted by atomic mass is 35.5. The van der Waals surface area contributed by atoms with Crippen molar-refractivity contribution in [1.82, 2.24) is 20.5 Å². The predicted molar refractivity (Wildman–Crippen MR) is 120 cm³/mol. The van der Waals surface area contributed by atoms with Crippen LogP contribution in [-0.2, 0) is 22.6 Å². The summed E-state index contributed by atoms with van der Waals surface area (Å²) < 4.78 is 10.5. The molecule has 2 N–H and O–H groups in total. The molecule has 1 unspecified atom stereocenters. The van der Waals surface area contributed by atoms with Crippen LogP contribution < -0.4 is 10.6 Å². The van der Waals surface area contributed by atoms with Gasteiger partial charge in [-0.25, -0.2) is 14.6 Å². The lowest BCUT2D eigenvalue weighted by atomic mass is 10.2. The Balaban J connectivity index is 1.42. The van der Waals surface area contributed by atoms with Crippen LogP contribution in [0.3, 0.4) is 0 Å². The molecule has 168 valence electrons. The first-order chi connectivity index (χ1) is 14.9. The van der Waals surface area contributed by atoms with Crippen molar-refractivity contribution < 1.29 is 19.1 Å². The van der Waals surface area contributed by atoms with Crippen molar-refractivity contribution in [3.8, 4) is 0 Å². The van der Waals surface area contributed by atoms with E-state index in [0.717, 1.165) is 18.7 Å². The minimum atomic E-state index is -0.425. The number of hydrogen-bond acceptors (Lipinski definition) is 7. The molecule has 2 aromatic rings. The highest BCUT2D eigenvalue weighted by Crippen LogP contribution is 2.23. The second kappa shape index (κ2) is 11.1. The normalized spacial score (nSPS) is 16.7. The average Bonchev–Trinajstić information content (AvgIpc) is 3.13. The highest BCUT2D eigenvalue weighted by Gasteiger charge is 2.21. The molecule has 0 saturated carbocycles. The van der Waals surface area contributed by atoms with E-state index in [9.17, 15) is 9.59 Å². The van der Waals surface area contributed by atoms with Crippen LogP contribution in [0.4, 0.5) is 4.79 Å². The third-order valence-electron chi connectivity index (χ3n) is 4.72. The van der Waals surface area contributed by atoms with Crippen molar-refractivity contribution in [1.29, 1.82) is 0 Å². The molecule has 0 bridgehead atoms. The van der Waals surface area contributed by atoms with Crippen LogP contribution in [0.15, 0.2) is 18.2 Å². The molecule has 1 aromatic heterocycles. The van der Waals surface area contributed by atoms with Gasteiger partial charge in [0.25, 0.3) is 0 Å². The van der Waals surface area contributed by atoms with Gasteiger partial charge in [0.1, 0.15) is 9.88 Å². The maximum Gasteiger partial charge on any atom is 0.349 e. The van der Waals surface area contributed by atoms with Crippen LogP contribution in [0.25, 0.3) is 0 Å². The van der Waals surface area contributed by atoms with E-state index in [2.05, 4.69) is 20.5 Å². The van der Waals surface area contributed by atoms with Gasteiger partial charge in [-0.1, -0.05) is 29.3 Å². The van der Waals surface area contributed by atoms with Gasteiger partial charge in [0.05, 0.1) is 42.1 Å². The lowest BCUT2D eigenvalue weighted by molar-refractivity contribution is -0.0287. The summed E-state index contributed by atoms with van der Waals surface area (Å²) in [5, 5.41) is 7.28. The van der Waals surface area contributed by atoms with Crippen molar-refractivity contribution >= 4 is 46.5 Å². The number of amides is 2. The Hall–Kier alpha value is -1.91. The number of hydrogen-bond donors (Lipinski definition) is 2. The molecule has 11 heteroatoms. The number of benzene rings is 1. The lowest BCUT2D eigenvalue weighted by Crippen LogP contribution is -2.48. The zero-order chi connectivity index (χ0) is 22.4. The quantitative estimate of drug-likeness (QED) is 0.583. The molecule has 1 aliphatic heterocycles. The zero-order valence-electron chi connectivity index (χ0n) is 17.2. The van der Waals surface area contributed by atoms with E-state index in [-0.39, 0.29) is 18.7 Å². The molecule has 8 nitrogen and oxygen atoms in total. The van der Waals surface area contributed by atoms with E-state index in [1.54, 1.807) is 13.0 Å². The third-order valence-corrected chi connectivity index (χ3v) is 6.59. The molecule has 3 rings (SSSR count). The number of aryl methyl sites for hydroxylation is 1. The van der Waals surface area contributed by atoms with Gasteiger partial charge in [0.15, 0.2) is 0 Å². The molecular weight excluding hydrogens is 463 g/mol. The Morgan fingerprint density at radius 3 is 2.87 bits per heavy atom. The van der Waals surface area contributed by atoms with Crippen LogP contribution in [-0.4, -0.2) is 61.3 Å². The fraction of sp³-hybridized carbons (Fsp3) is 0.450. The number of nitrogens with zero attached hydrogens (tertiary/aromatic N) is 2. The van der Waals surface area contributed by atoms with Gasteiger partial charge in [-0.05, 0) is 24.6 Å². The second-order valence-corrected chi connectivity index (χ2v) is 8.95. The van der Waals surface area contributed by atoms with Crippen LogP contribution in [0.5, 0.6) is 0 Å². The molecule has 0 radical (unpaired) electrons. The Morgan fingerprint density at radius 1 is 1.32 bits per heavy atom. The van der Waals surface area contributed by atoms with E-state index in [1.165, 1.54) is 18.4 Å². The maximum atomic E-state index is 12.1. The standard InChI is InChI=1S/C20H24Cl2N4O4S/c1-12-18(19(27)29-2)31-17(25-12)9-24-20(28)23-8-14-11-26(5-6-30-14)10-13-3-4-15(21)16(22)7-13/h3-4,7,14H,5-6,8-11H2,1-2H3,(H2,23,24,28). The Bertz CT molecular complexity index is 940. The van der Waals surface area contributed by atoms with E-state index in [1.807, 2.05) is 12.1 Å². The first-order valence-corrected chi connectivity index (χ1v) is 11.3. The topological polar surface area (TPSA) is 92.8 Å². The number of thiazole rings is 1. The number of carbonyl (C=O) groups excluding carboxylic acids is 2. The largest absolute Gasteiger partial charge is 0.465 e. The maximum absolute atomic E-state index is 12.1. The zero-order valence-corrected chi connectivity index (χ0v) is 19.6. The monoisotopic (exact) mass is 486 g/mol. The molecule has 0 spiro atoms. The minimum absolute atomic E-state index is 0.115. The number of ether oxygens (including phenoxy) is 2.